The quantitative estimate of drug-likeness (QED) is 0.198. The van der Waals surface area contributed by atoms with E-state index in [1.54, 1.807) is 17.4 Å². The van der Waals surface area contributed by atoms with Crippen LogP contribution in [-0.4, -0.2) is 19.6 Å². The fourth-order valence-electron chi connectivity index (χ4n) is 3.03. The Morgan fingerprint density at radius 3 is 1.89 bits per heavy atom. The molecule has 0 amide bonds. The van der Waals surface area contributed by atoms with Crippen molar-refractivity contribution in [3.05, 3.63) is 117 Å². The van der Waals surface area contributed by atoms with Gasteiger partial charge in [-0.15, -0.1) is 11.3 Å². The molecule has 0 aliphatic carbocycles. The molecule has 0 bridgehead atoms. The van der Waals surface area contributed by atoms with E-state index in [-0.39, 0.29) is 0 Å². The minimum atomic E-state index is 0.848. The number of aryl methyl sites for hydroxylation is 3. The Labute approximate surface area is 216 Å². The van der Waals surface area contributed by atoms with Crippen molar-refractivity contribution in [2.75, 3.05) is 7.05 Å². The normalized spacial score (nSPS) is 10.2. The summed E-state index contributed by atoms with van der Waals surface area (Å²) in [6, 6.07) is 22.7. The molecule has 2 aromatic carbocycles. The third-order valence-corrected chi connectivity index (χ3v) is 5.70. The highest BCUT2D eigenvalue weighted by molar-refractivity contribution is 7.13. The first-order chi connectivity index (χ1) is 17.0. The highest BCUT2D eigenvalue weighted by Gasteiger charge is 1.98. The highest BCUT2D eigenvalue weighted by atomic mass is 32.1. The summed E-state index contributed by atoms with van der Waals surface area (Å²) in [6.45, 7) is 10.9. The van der Waals surface area contributed by atoms with Gasteiger partial charge in [-0.1, -0.05) is 86.7 Å². The van der Waals surface area contributed by atoms with Crippen LogP contribution in [0.4, 0.5) is 0 Å². The number of benzene rings is 2. The molecule has 0 saturated carbocycles. The van der Waals surface area contributed by atoms with E-state index >= 15 is 0 Å². The molecule has 1 aromatic heterocycles. The van der Waals surface area contributed by atoms with Gasteiger partial charge in [-0.2, -0.15) is 0 Å². The van der Waals surface area contributed by atoms with Crippen LogP contribution >= 0.6 is 11.3 Å². The second-order valence-electron chi connectivity index (χ2n) is 7.40. The molecule has 0 aliphatic heterocycles. The summed E-state index contributed by atoms with van der Waals surface area (Å²) in [7, 11) is 1.95. The summed E-state index contributed by atoms with van der Waals surface area (Å²) in [5.74, 6) is 0. The maximum Gasteiger partial charge on any atom is 0.160 e. The van der Waals surface area contributed by atoms with E-state index in [1.807, 2.05) is 96.3 Å². The van der Waals surface area contributed by atoms with Crippen molar-refractivity contribution in [2.24, 2.45) is 0 Å². The van der Waals surface area contributed by atoms with Gasteiger partial charge in [-0.3, -0.25) is 9.59 Å². The van der Waals surface area contributed by atoms with Gasteiger partial charge in [0.1, 0.15) is 6.29 Å². The van der Waals surface area contributed by atoms with Crippen molar-refractivity contribution < 1.29 is 9.59 Å². The van der Waals surface area contributed by atoms with Crippen LogP contribution in [0, 0.1) is 13.8 Å². The first kappa shape index (κ1) is 31.9. The smallest absolute Gasteiger partial charge is 0.160 e. The lowest BCUT2D eigenvalue weighted by Gasteiger charge is -2.01. The molecule has 0 radical (unpaired) electrons. The Bertz CT molecular complexity index is 989. The minimum Gasteiger partial charge on any atom is -0.316 e. The molecule has 1 heterocycles. The SMILES string of the molecule is C/C=C\C(=C/C=O)CCc1ccccc1.CC.CNCc1ccccc1.Cc1cc(C)c(C=O)s1. The second-order valence-corrected chi connectivity index (χ2v) is 8.69. The number of allylic oxidation sites excluding steroid dienone is 4. The Morgan fingerprint density at radius 2 is 1.49 bits per heavy atom. The first-order valence-corrected chi connectivity index (χ1v) is 12.9. The molecule has 0 atom stereocenters. The molecule has 3 aromatic rings. The molecule has 188 valence electrons. The Morgan fingerprint density at radius 1 is 0.914 bits per heavy atom. The summed E-state index contributed by atoms with van der Waals surface area (Å²) in [6.07, 6.45) is 9.21. The van der Waals surface area contributed by atoms with Crippen LogP contribution in [0.15, 0.2) is 90.5 Å². The summed E-state index contributed by atoms with van der Waals surface area (Å²) in [5.41, 5.74) is 4.81. The molecule has 0 aliphatic rings. The average Bonchev–Trinajstić information content (AvgIpc) is 3.23. The molecule has 3 nitrogen and oxygen atoms in total. The zero-order chi connectivity index (χ0) is 26.3. The van der Waals surface area contributed by atoms with Crippen molar-refractivity contribution in [1.82, 2.24) is 5.32 Å². The van der Waals surface area contributed by atoms with E-state index < -0.39 is 0 Å². The molecule has 1 N–H and O–H groups in total. The van der Waals surface area contributed by atoms with E-state index in [2.05, 4.69) is 29.6 Å². The van der Waals surface area contributed by atoms with Crippen molar-refractivity contribution in [3.8, 4) is 0 Å². The molecule has 0 spiro atoms. The zero-order valence-corrected chi connectivity index (χ0v) is 22.9. The van der Waals surface area contributed by atoms with E-state index in [1.165, 1.54) is 16.0 Å². The standard InChI is InChI=1S/C14H16O.C8H11N.C7H8OS.C2H6/c1-2-6-13(11-12-15)9-10-14-7-4-3-5-8-14;1-9-7-8-5-3-2-4-6-8;1-5-3-6(2)9-7(5)4-8;1-2/h2-8,11-12H,9-10H2,1H3;2-6,9H,7H2,1H3;3-4H,1-2H3;1-2H3/b6-2-,13-11+;;;. The monoisotopic (exact) mass is 491 g/mol. The molecule has 4 heteroatoms. The Hall–Kier alpha value is -3.08. The van der Waals surface area contributed by atoms with Crippen LogP contribution in [0.1, 0.15) is 58.4 Å². The molecule has 35 heavy (non-hydrogen) atoms. The molecular weight excluding hydrogens is 450 g/mol. The molecule has 0 saturated heterocycles. The van der Waals surface area contributed by atoms with Gasteiger partial charge >= 0.3 is 0 Å². The van der Waals surface area contributed by atoms with Gasteiger partial charge in [0.2, 0.25) is 0 Å². The number of nitrogens with one attached hydrogen (secondary N) is 1. The fraction of sp³-hybridized carbons (Fsp3) is 0.290. The molecule has 3 rings (SSSR count). The van der Waals surface area contributed by atoms with Gasteiger partial charge in [0.05, 0.1) is 4.88 Å². The van der Waals surface area contributed by atoms with Gasteiger partial charge in [0.15, 0.2) is 6.29 Å². The van der Waals surface area contributed by atoms with E-state index in [0.29, 0.717) is 0 Å². The number of carbonyl (C=O) groups excluding carboxylic acids is 2. The first-order valence-electron chi connectivity index (χ1n) is 12.1. The van der Waals surface area contributed by atoms with Crippen LogP contribution in [0.5, 0.6) is 0 Å². The summed E-state index contributed by atoms with van der Waals surface area (Å²) < 4.78 is 0. The number of rotatable bonds is 8. The van der Waals surface area contributed by atoms with Crippen molar-refractivity contribution >= 4 is 23.9 Å². The van der Waals surface area contributed by atoms with Gasteiger partial charge in [0.25, 0.3) is 0 Å². The predicted octanol–water partition coefficient (Wildman–Crippen LogP) is 7.93. The topological polar surface area (TPSA) is 46.2 Å². The zero-order valence-electron chi connectivity index (χ0n) is 22.1. The second kappa shape index (κ2) is 21.5. The molecule has 0 fully saturated rings. The van der Waals surface area contributed by atoms with Crippen molar-refractivity contribution in [3.63, 3.8) is 0 Å². The van der Waals surface area contributed by atoms with Crippen LogP contribution < -0.4 is 5.32 Å². The lowest BCUT2D eigenvalue weighted by Crippen LogP contribution is -2.04. The molecular formula is C31H41NO2S. The Kier molecular flexibility index (Phi) is 19.6. The highest BCUT2D eigenvalue weighted by Crippen LogP contribution is 2.18. The van der Waals surface area contributed by atoms with Crippen LogP contribution in [0.2, 0.25) is 0 Å². The van der Waals surface area contributed by atoms with Gasteiger partial charge in [0, 0.05) is 11.4 Å². The summed E-state index contributed by atoms with van der Waals surface area (Å²) >= 11 is 1.55. The fourth-order valence-corrected chi connectivity index (χ4v) is 3.88. The number of thiophene rings is 1. The number of aldehydes is 2. The van der Waals surface area contributed by atoms with Gasteiger partial charge in [-0.05, 0) is 75.1 Å². The van der Waals surface area contributed by atoms with Crippen LogP contribution in [0.25, 0.3) is 0 Å². The van der Waals surface area contributed by atoms with E-state index in [0.717, 1.165) is 48.0 Å². The van der Waals surface area contributed by atoms with Crippen molar-refractivity contribution in [2.45, 2.75) is 54.0 Å². The van der Waals surface area contributed by atoms with Gasteiger partial charge in [-0.25, -0.2) is 0 Å². The summed E-state index contributed by atoms with van der Waals surface area (Å²) in [5, 5.41) is 3.08. The third-order valence-electron chi connectivity index (χ3n) is 4.62. The Balaban J connectivity index is 0.000000501. The van der Waals surface area contributed by atoms with E-state index in [9.17, 15) is 9.59 Å². The van der Waals surface area contributed by atoms with Crippen LogP contribution in [0.3, 0.4) is 0 Å². The minimum absolute atomic E-state index is 0.848. The maximum absolute atomic E-state index is 10.4. The average molecular weight is 492 g/mol. The van der Waals surface area contributed by atoms with Crippen molar-refractivity contribution in [1.29, 1.82) is 0 Å². The number of carbonyl (C=O) groups is 2. The number of hydrogen-bond acceptors (Lipinski definition) is 4. The number of hydrogen-bond donors (Lipinski definition) is 1. The predicted molar refractivity (Wildman–Crippen MR) is 153 cm³/mol. The lowest BCUT2D eigenvalue weighted by molar-refractivity contribution is -0.104. The third kappa shape index (κ3) is 15.4. The molecule has 0 unspecified atom stereocenters. The van der Waals surface area contributed by atoms with Crippen LogP contribution in [-0.2, 0) is 17.8 Å². The lowest BCUT2D eigenvalue weighted by atomic mass is 10.0. The van der Waals surface area contributed by atoms with E-state index in [4.69, 9.17) is 0 Å². The largest absolute Gasteiger partial charge is 0.316 e. The van der Waals surface area contributed by atoms with Gasteiger partial charge < -0.3 is 5.32 Å². The maximum atomic E-state index is 10.4. The summed E-state index contributed by atoms with van der Waals surface area (Å²) in [4.78, 5) is 22.7.